The van der Waals surface area contributed by atoms with Gasteiger partial charge < -0.3 is 14.7 Å². The Hall–Kier alpha value is -2.37. The van der Waals surface area contributed by atoms with Gasteiger partial charge in [0.25, 0.3) is 5.60 Å². The van der Waals surface area contributed by atoms with Crippen LogP contribution in [0.3, 0.4) is 0 Å². The molecule has 2 atom stereocenters. The summed E-state index contributed by atoms with van der Waals surface area (Å²) in [6, 6.07) is 15.2. The van der Waals surface area contributed by atoms with Gasteiger partial charge in [-0.25, -0.2) is 4.79 Å². The topological polar surface area (TPSA) is 68.1 Å². The van der Waals surface area contributed by atoms with Crippen LogP contribution in [0, 0.1) is 0 Å². The molecule has 1 aliphatic rings. The molecule has 160 valence electrons. The minimum Gasteiger partial charge on any atom is -0.478 e. The lowest BCUT2D eigenvalue weighted by molar-refractivity contribution is -0.187. The molecule has 3 rings (SSSR count). The first kappa shape index (κ1) is 22.3. The monoisotopic (exact) mass is 429 g/mol. The van der Waals surface area contributed by atoms with Crippen molar-refractivity contribution >= 4 is 23.3 Å². The smallest absolute Gasteiger partial charge is 0.354 e. The maximum Gasteiger partial charge on any atom is 0.354 e. The lowest BCUT2D eigenvalue weighted by atomic mass is 9.86. The fourth-order valence-electron chi connectivity index (χ4n) is 3.49. The highest BCUT2D eigenvalue weighted by atomic mass is 35.5. The molecule has 1 aliphatic heterocycles. The number of nitrogens with zero attached hydrogens (tertiary/aromatic N) is 1. The van der Waals surface area contributed by atoms with E-state index in [0.29, 0.717) is 22.7 Å². The van der Waals surface area contributed by atoms with Crippen LogP contribution >= 0.6 is 11.6 Å². The molecule has 30 heavy (non-hydrogen) atoms. The first-order valence-corrected chi connectivity index (χ1v) is 10.5. The first-order valence-electron chi connectivity index (χ1n) is 10.1. The summed E-state index contributed by atoms with van der Waals surface area (Å²) in [6.07, 6.45) is -0.0477. The van der Waals surface area contributed by atoms with Gasteiger partial charge in [0.1, 0.15) is 6.10 Å². The van der Waals surface area contributed by atoms with Gasteiger partial charge in [-0.1, -0.05) is 80.8 Å². The van der Waals surface area contributed by atoms with Gasteiger partial charge in [0.2, 0.25) is 0 Å². The third kappa shape index (κ3) is 4.68. The molecule has 2 aromatic carbocycles. The summed E-state index contributed by atoms with van der Waals surface area (Å²) in [5, 5.41) is 14.7. The fourth-order valence-corrected chi connectivity index (χ4v) is 3.61. The number of carboxylic acids is 1. The maximum atomic E-state index is 12.3. The Kier molecular flexibility index (Phi) is 6.53. The van der Waals surface area contributed by atoms with Crippen LogP contribution in [0.25, 0.3) is 0 Å². The van der Waals surface area contributed by atoms with Crippen LogP contribution in [-0.4, -0.2) is 22.4 Å². The van der Waals surface area contributed by atoms with Crippen molar-refractivity contribution in [3.8, 4) is 0 Å². The minimum atomic E-state index is -1.61. The molecule has 1 heterocycles. The third-order valence-corrected chi connectivity index (χ3v) is 5.66. The number of oxime groups is 1. The number of ether oxygens (including phenoxy) is 1. The molecule has 0 fully saturated rings. The Balaban J connectivity index is 1.89. The van der Waals surface area contributed by atoms with Gasteiger partial charge in [0.05, 0.1) is 12.3 Å². The van der Waals surface area contributed by atoms with E-state index in [1.807, 2.05) is 19.1 Å². The summed E-state index contributed by atoms with van der Waals surface area (Å²) in [5.74, 6) is -1.10. The quantitative estimate of drug-likeness (QED) is 0.594. The van der Waals surface area contributed by atoms with Gasteiger partial charge >= 0.3 is 5.97 Å². The molecular weight excluding hydrogens is 402 g/mol. The van der Waals surface area contributed by atoms with Gasteiger partial charge in [0, 0.05) is 11.4 Å². The molecule has 6 heteroatoms. The van der Waals surface area contributed by atoms with Crippen LogP contribution < -0.4 is 0 Å². The second kappa shape index (κ2) is 8.78. The van der Waals surface area contributed by atoms with Gasteiger partial charge in [-0.2, -0.15) is 0 Å². The number of carbonyl (C=O) groups is 1. The van der Waals surface area contributed by atoms with Crippen LogP contribution in [0.15, 0.2) is 53.7 Å². The van der Waals surface area contributed by atoms with Gasteiger partial charge in [-0.3, -0.25) is 0 Å². The second-order valence-corrected chi connectivity index (χ2v) is 9.10. The average molecular weight is 430 g/mol. The van der Waals surface area contributed by atoms with E-state index in [-0.39, 0.29) is 18.4 Å². The maximum absolute atomic E-state index is 12.3. The lowest BCUT2D eigenvalue weighted by Crippen LogP contribution is -2.46. The van der Waals surface area contributed by atoms with Crippen molar-refractivity contribution in [1.82, 2.24) is 0 Å². The van der Waals surface area contributed by atoms with E-state index >= 15 is 0 Å². The van der Waals surface area contributed by atoms with Crippen molar-refractivity contribution in [3.05, 3.63) is 70.2 Å². The van der Waals surface area contributed by atoms with Crippen molar-refractivity contribution in [3.63, 3.8) is 0 Å². The van der Waals surface area contributed by atoms with Crippen molar-refractivity contribution in [2.45, 2.75) is 64.3 Å². The lowest BCUT2D eigenvalue weighted by Gasteiger charge is -2.31. The van der Waals surface area contributed by atoms with E-state index in [1.54, 1.807) is 24.3 Å². The Morgan fingerprint density at radius 3 is 2.33 bits per heavy atom. The summed E-state index contributed by atoms with van der Waals surface area (Å²) in [6.45, 7) is 8.66. The van der Waals surface area contributed by atoms with Crippen molar-refractivity contribution in [2.75, 3.05) is 0 Å². The molecule has 0 spiro atoms. The van der Waals surface area contributed by atoms with Crippen LogP contribution in [0.1, 0.15) is 63.3 Å². The molecule has 2 unspecified atom stereocenters. The second-order valence-electron chi connectivity index (χ2n) is 8.66. The summed E-state index contributed by atoms with van der Waals surface area (Å²) in [5.41, 5.74) is 2.02. The minimum absolute atomic E-state index is 0.0597. The molecule has 0 bridgehead atoms. The predicted molar refractivity (Wildman–Crippen MR) is 118 cm³/mol. The first-order chi connectivity index (χ1) is 14.2. The van der Waals surface area contributed by atoms with Gasteiger partial charge in [0.15, 0.2) is 0 Å². The summed E-state index contributed by atoms with van der Waals surface area (Å²) in [4.78, 5) is 17.9. The molecule has 5 nitrogen and oxygen atoms in total. The van der Waals surface area contributed by atoms with E-state index < -0.39 is 17.7 Å². The van der Waals surface area contributed by atoms with E-state index in [1.165, 1.54) is 5.56 Å². The zero-order valence-corrected chi connectivity index (χ0v) is 18.6. The predicted octanol–water partition coefficient (Wildman–Crippen LogP) is 5.91. The van der Waals surface area contributed by atoms with Crippen molar-refractivity contribution in [1.29, 1.82) is 0 Å². The highest BCUT2D eigenvalue weighted by Gasteiger charge is 2.54. The van der Waals surface area contributed by atoms with E-state index in [2.05, 4.69) is 38.1 Å². The average Bonchev–Trinajstić information content (AvgIpc) is 3.15. The zero-order valence-electron chi connectivity index (χ0n) is 17.8. The molecule has 0 saturated heterocycles. The van der Waals surface area contributed by atoms with Crippen LogP contribution in [0.5, 0.6) is 0 Å². The van der Waals surface area contributed by atoms with E-state index in [9.17, 15) is 9.90 Å². The van der Waals surface area contributed by atoms with Crippen molar-refractivity contribution < 1.29 is 19.5 Å². The summed E-state index contributed by atoms with van der Waals surface area (Å²) >= 11 is 6.03. The number of hydrogen-bond donors (Lipinski definition) is 1. The fraction of sp³-hybridized carbons (Fsp3) is 0.417. The molecule has 0 radical (unpaired) electrons. The molecule has 0 saturated carbocycles. The number of rotatable bonds is 7. The molecule has 0 aliphatic carbocycles. The van der Waals surface area contributed by atoms with E-state index in [0.717, 1.165) is 5.56 Å². The highest BCUT2D eigenvalue weighted by Crippen LogP contribution is 2.41. The Morgan fingerprint density at radius 1 is 1.20 bits per heavy atom. The number of aliphatic carboxylic acids is 1. The third-order valence-electron chi connectivity index (χ3n) is 5.41. The van der Waals surface area contributed by atoms with Crippen molar-refractivity contribution in [2.24, 2.45) is 5.16 Å². The molecular formula is C24H28ClNO4. The largest absolute Gasteiger partial charge is 0.478 e. The zero-order chi connectivity index (χ0) is 21.9. The Labute approximate surface area is 182 Å². The Morgan fingerprint density at radius 2 is 1.83 bits per heavy atom. The number of benzene rings is 2. The SMILES string of the molecule is CCC1=NOC(C(=O)O)(C(OCc2ccc(C(C)(C)C)cc2)c2ccc(Cl)cc2)C1. The van der Waals surface area contributed by atoms with E-state index in [4.69, 9.17) is 21.2 Å². The molecule has 2 aromatic rings. The van der Waals surface area contributed by atoms with Crippen LogP contribution in [-0.2, 0) is 26.4 Å². The normalized spacial score (nSPS) is 19.8. The number of hydrogen-bond acceptors (Lipinski definition) is 4. The number of halogens is 1. The molecule has 1 N–H and O–H groups in total. The Bertz CT molecular complexity index is 916. The van der Waals surface area contributed by atoms with Gasteiger partial charge in [-0.05, 0) is 40.7 Å². The number of carboxylic acid groups (broad SMARTS) is 1. The van der Waals surface area contributed by atoms with Crippen LogP contribution in [0.2, 0.25) is 5.02 Å². The summed E-state index contributed by atoms with van der Waals surface area (Å²) in [7, 11) is 0. The van der Waals surface area contributed by atoms with Gasteiger partial charge in [-0.15, -0.1) is 0 Å². The molecule has 0 aromatic heterocycles. The van der Waals surface area contributed by atoms with Crippen LogP contribution in [0.4, 0.5) is 0 Å². The summed E-state index contributed by atoms with van der Waals surface area (Å²) < 4.78 is 6.20. The molecule has 0 amide bonds. The standard InChI is InChI=1S/C24H28ClNO4/c1-5-20-14-24(22(27)28,30-26-20)21(17-8-12-19(25)13-9-17)29-15-16-6-10-18(11-7-16)23(2,3)4/h6-13,21H,5,14-15H2,1-4H3,(H,27,28). The highest BCUT2D eigenvalue weighted by molar-refractivity contribution is 6.30.